The molecule has 0 amide bonds. The van der Waals surface area contributed by atoms with Crippen molar-refractivity contribution in [3.8, 4) is 62.7 Å². The van der Waals surface area contributed by atoms with Crippen LogP contribution in [-0.4, -0.2) is 32.9 Å². The van der Waals surface area contributed by atoms with E-state index in [-0.39, 0.29) is 19.3 Å². The SMILES string of the molecule is COc1ccc(OC)c(-c2oc3cc4c(cc3c2-c2cc3c(cc2O)OCO3)OCO4)c1. The van der Waals surface area contributed by atoms with Gasteiger partial charge in [-0.1, -0.05) is 0 Å². The quantitative estimate of drug-likeness (QED) is 0.483. The Labute approximate surface area is 182 Å². The summed E-state index contributed by atoms with van der Waals surface area (Å²) in [6, 6.07) is 12.3. The van der Waals surface area contributed by atoms with Crippen LogP contribution in [0.25, 0.3) is 33.4 Å². The smallest absolute Gasteiger partial charge is 0.231 e. The number of furan rings is 1. The first kappa shape index (κ1) is 18.6. The van der Waals surface area contributed by atoms with Crippen LogP contribution in [0.5, 0.6) is 40.2 Å². The Balaban J connectivity index is 1.69. The Morgan fingerprint density at radius 2 is 1.44 bits per heavy atom. The fraction of sp³-hybridized carbons (Fsp3) is 0.167. The first-order valence-electron chi connectivity index (χ1n) is 9.88. The Hall–Kier alpha value is -4.20. The number of ether oxygens (including phenoxy) is 6. The maximum atomic E-state index is 10.9. The molecule has 1 aromatic heterocycles. The van der Waals surface area contributed by atoms with E-state index in [0.29, 0.717) is 62.5 Å². The van der Waals surface area contributed by atoms with Gasteiger partial charge >= 0.3 is 0 Å². The molecule has 8 nitrogen and oxygen atoms in total. The number of aromatic hydroxyl groups is 1. The minimum absolute atomic E-state index is 0.0257. The molecular weight excluding hydrogens is 416 g/mol. The molecule has 3 heterocycles. The number of rotatable bonds is 4. The second-order valence-electron chi connectivity index (χ2n) is 7.30. The van der Waals surface area contributed by atoms with Crippen LogP contribution in [0.1, 0.15) is 0 Å². The van der Waals surface area contributed by atoms with E-state index in [1.165, 1.54) is 6.07 Å². The molecular formula is C24H18O8. The summed E-state index contributed by atoms with van der Waals surface area (Å²) in [5.74, 6) is 3.96. The van der Waals surface area contributed by atoms with Crippen LogP contribution in [0.3, 0.4) is 0 Å². The van der Waals surface area contributed by atoms with Gasteiger partial charge in [0.1, 0.15) is 28.6 Å². The van der Waals surface area contributed by atoms with E-state index in [4.69, 9.17) is 32.8 Å². The Kier molecular flexibility index (Phi) is 4.01. The molecule has 4 aromatic rings. The van der Waals surface area contributed by atoms with Gasteiger partial charge in [-0.2, -0.15) is 0 Å². The number of methoxy groups -OCH3 is 2. The largest absolute Gasteiger partial charge is 0.507 e. The van der Waals surface area contributed by atoms with Crippen LogP contribution < -0.4 is 28.4 Å². The van der Waals surface area contributed by atoms with Crippen LogP contribution in [0.15, 0.2) is 46.9 Å². The van der Waals surface area contributed by atoms with Crippen molar-refractivity contribution >= 4 is 11.0 Å². The summed E-state index contributed by atoms with van der Waals surface area (Å²) in [5.41, 5.74) is 2.41. The lowest BCUT2D eigenvalue weighted by molar-refractivity contribution is 0.173. The Morgan fingerprint density at radius 3 is 2.16 bits per heavy atom. The summed E-state index contributed by atoms with van der Waals surface area (Å²) >= 11 is 0. The van der Waals surface area contributed by atoms with Crippen molar-refractivity contribution in [1.29, 1.82) is 0 Å². The average Bonchev–Trinajstić information content (AvgIpc) is 3.54. The highest BCUT2D eigenvalue weighted by Gasteiger charge is 2.28. The molecule has 0 unspecified atom stereocenters. The Morgan fingerprint density at radius 1 is 0.750 bits per heavy atom. The third-order valence-electron chi connectivity index (χ3n) is 5.59. The first-order valence-corrected chi connectivity index (χ1v) is 9.88. The van der Waals surface area contributed by atoms with E-state index in [9.17, 15) is 5.11 Å². The molecule has 1 N–H and O–H groups in total. The predicted octanol–water partition coefficient (Wildman–Crippen LogP) is 4.95. The van der Waals surface area contributed by atoms with E-state index >= 15 is 0 Å². The summed E-state index contributed by atoms with van der Waals surface area (Å²) < 4.78 is 39.4. The molecule has 0 saturated heterocycles. The van der Waals surface area contributed by atoms with Crippen LogP contribution in [-0.2, 0) is 0 Å². The maximum absolute atomic E-state index is 10.9. The minimum Gasteiger partial charge on any atom is -0.507 e. The van der Waals surface area contributed by atoms with E-state index in [1.54, 1.807) is 38.5 Å². The minimum atomic E-state index is 0.0257. The van der Waals surface area contributed by atoms with E-state index in [0.717, 1.165) is 5.39 Å². The van der Waals surface area contributed by atoms with Crippen LogP contribution in [0, 0.1) is 0 Å². The highest BCUT2D eigenvalue weighted by Crippen LogP contribution is 2.52. The molecule has 8 heteroatoms. The van der Waals surface area contributed by atoms with Crippen molar-refractivity contribution in [1.82, 2.24) is 0 Å². The monoisotopic (exact) mass is 434 g/mol. The van der Waals surface area contributed by atoms with E-state index < -0.39 is 0 Å². The maximum Gasteiger partial charge on any atom is 0.231 e. The van der Waals surface area contributed by atoms with Gasteiger partial charge in [0.25, 0.3) is 0 Å². The highest BCUT2D eigenvalue weighted by molar-refractivity contribution is 6.05. The number of hydrogen-bond donors (Lipinski definition) is 1. The molecule has 0 atom stereocenters. The van der Waals surface area contributed by atoms with Gasteiger partial charge < -0.3 is 37.9 Å². The molecule has 0 aliphatic carbocycles. The van der Waals surface area contributed by atoms with Crippen molar-refractivity contribution in [2.75, 3.05) is 27.8 Å². The molecule has 0 fully saturated rings. The fourth-order valence-corrected chi connectivity index (χ4v) is 4.07. The van der Waals surface area contributed by atoms with Gasteiger partial charge in [-0.3, -0.25) is 0 Å². The van der Waals surface area contributed by atoms with Gasteiger partial charge in [0, 0.05) is 28.6 Å². The summed E-state index contributed by atoms with van der Waals surface area (Å²) in [4.78, 5) is 0. The van der Waals surface area contributed by atoms with Crippen molar-refractivity contribution in [2.45, 2.75) is 0 Å². The van der Waals surface area contributed by atoms with Gasteiger partial charge in [-0.05, 0) is 30.3 Å². The van der Waals surface area contributed by atoms with Gasteiger partial charge in [0.2, 0.25) is 13.6 Å². The zero-order valence-electron chi connectivity index (χ0n) is 17.3. The fourth-order valence-electron chi connectivity index (χ4n) is 4.07. The van der Waals surface area contributed by atoms with Crippen molar-refractivity contribution in [2.24, 2.45) is 0 Å². The van der Waals surface area contributed by atoms with Crippen LogP contribution >= 0.6 is 0 Å². The molecule has 0 spiro atoms. The second kappa shape index (κ2) is 6.91. The number of fused-ring (bicyclic) bond motifs is 3. The van der Waals surface area contributed by atoms with E-state index in [1.807, 2.05) is 12.1 Å². The van der Waals surface area contributed by atoms with Crippen LogP contribution in [0.4, 0.5) is 0 Å². The second-order valence-corrected chi connectivity index (χ2v) is 7.30. The standard InChI is InChI=1S/C24H18O8/c1-26-12-3-4-17(27-2)15(5-12)24-23(13-6-19-21(8-16(13)25)30-10-28-19)14-7-20-22(31-11-29-20)9-18(14)32-24/h3-9,25H,10-11H2,1-2H3. The molecule has 2 aliphatic rings. The number of phenolic OH excluding ortho intramolecular Hbond substituents is 1. The molecule has 162 valence electrons. The van der Waals surface area contributed by atoms with Gasteiger partial charge in [0.05, 0.1) is 19.8 Å². The van der Waals surface area contributed by atoms with Gasteiger partial charge in [-0.25, -0.2) is 0 Å². The van der Waals surface area contributed by atoms with Crippen molar-refractivity contribution < 1.29 is 37.9 Å². The zero-order valence-corrected chi connectivity index (χ0v) is 17.3. The van der Waals surface area contributed by atoms with Gasteiger partial charge in [-0.15, -0.1) is 0 Å². The van der Waals surface area contributed by atoms with Gasteiger partial charge in [0.15, 0.2) is 23.0 Å². The lowest BCUT2D eigenvalue weighted by atomic mass is 9.96. The third-order valence-corrected chi connectivity index (χ3v) is 5.59. The molecule has 6 rings (SSSR count). The van der Waals surface area contributed by atoms with Crippen LogP contribution in [0.2, 0.25) is 0 Å². The number of hydrogen-bond acceptors (Lipinski definition) is 8. The number of phenols is 1. The normalized spacial score (nSPS) is 13.6. The molecule has 3 aromatic carbocycles. The zero-order chi connectivity index (χ0) is 21.8. The summed E-state index contributed by atoms with van der Waals surface area (Å²) in [5, 5.41) is 11.6. The summed E-state index contributed by atoms with van der Waals surface area (Å²) in [6.07, 6.45) is 0. The molecule has 0 bridgehead atoms. The van der Waals surface area contributed by atoms with Crippen molar-refractivity contribution in [3.05, 3.63) is 42.5 Å². The average molecular weight is 434 g/mol. The predicted molar refractivity (Wildman–Crippen MR) is 114 cm³/mol. The molecule has 0 radical (unpaired) electrons. The van der Waals surface area contributed by atoms with E-state index in [2.05, 4.69) is 0 Å². The molecule has 32 heavy (non-hydrogen) atoms. The molecule has 2 aliphatic heterocycles. The lowest BCUT2D eigenvalue weighted by Crippen LogP contribution is -1.93. The number of benzene rings is 3. The lowest BCUT2D eigenvalue weighted by Gasteiger charge is -2.12. The first-order chi connectivity index (χ1) is 15.7. The summed E-state index contributed by atoms with van der Waals surface area (Å²) in [6.45, 7) is 0.239. The highest BCUT2D eigenvalue weighted by atomic mass is 16.7. The van der Waals surface area contributed by atoms with Crippen molar-refractivity contribution in [3.63, 3.8) is 0 Å². The third kappa shape index (κ3) is 2.69. The topological polar surface area (TPSA) is 88.8 Å². The molecule has 0 saturated carbocycles. The summed E-state index contributed by atoms with van der Waals surface area (Å²) in [7, 11) is 3.18. The Bertz CT molecular complexity index is 1370.